The average Bonchev–Trinajstić information content (AvgIpc) is 3.54. The van der Waals surface area contributed by atoms with Gasteiger partial charge in [0.05, 0.1) is 40.5 Å². The third kappa shape index (κ3) is 6.74. The predicted octanol–water partition coefficient (Wildman–Crippen LogP) is 6.57. The van der Waals surface area contributed by atoms with Crippen LogP contribution in [-0.4, -0.2) is 39.8 Å². The first-order valence-electron chi connectivity index (χ1n) is 14.1. The summed E-state index contributed by atoms with van der Waals surface area (Å²) in [6.07, 6.45) is 0.617. The van der Waals surface area contributed by atoms with Crippen molar-refractivity contribution in [2.24, 2.45) is 4.99 Å². The lowest BCUT2D eigenvalue weighted by atomic mass is 9.88. The lowest BCUT2D eigenvalue weighted by molar-refractivity contribution is -0.121. The summed E-state index contributed by atoms with van der Waals surface area (Å²) in [5.41, 5.74) is 5.69. The third-order valence-electron chi connectivity index (χ3n) is 7.68. The van der Waals surface area contributed by atoms with E-state index in [0.29, 0.717) is 29.2 Å². The molecule has 0 aromatic heterocycles. The normalized spacial score (nSPS) is 15.4. The molecular weight excluding hydrogens is 639 g/mol. The Morgan fingerprint density at radius 3 is 2.34 bits per heavy atom. The molecule has 228 valence electrons. The Kier molecular flexibility index (Phi) is 9.85. The maximum Gasteiger partial charge on any atom is 0.239 e. The fourth-order valence-corrected chi connectivity index (χ4v) is 7.78. The number of hydrogen-bond acceptors (Lipinski definition) is 5. The van der Waals surface area contributed by atoms with Crippen LogP contribution < -0.4 is 14.9 Å². The number of amidine groups is 1. The number of benzene rings is 4. The second-order valence-corrected chi connectivity index (χ2v) is 13.2. The molecule has 2 aliphatic rings. The quantitative estimate of drug-likeness (QED) is 0.211. The molecule has 2 aliphatic heterocycles. The van der Waals surface area contributed by atoms with Crippen LogP contribution in [0.1, 0.15) is 34.7 Å². The van der Waals surface area contributed by atoms with Crippen molar-refractivity contribution in [1.82, 2.24) is 10.6 Å². The van der Waals surface area contributed by atoms with Crippen LogP contribution in [-0.2, 0) is 27.0 Å². The van der Waals surface area contributed by atoms with Gasteiger partial charge in [-0.3, -0.25) is 14.1 Å². The minimum absolute atomic E-state index is 0. The first kappa shape index (κ1) is 31.9. The first-order chi connectivity index (χ1) is 20.8. The number of carbonyl (C=O) groups excluding carboxylic acids is 1. The zero-order chi connectivity index (χ0) is 30.0. The van der Waals surface area contributed by atoms with E-state index in [1.54, 1.807) is 24.3 Å². The van der Waals surface area contributed by atoms with E-state index >= 15 is 0 Å². The number of hydrogen-bond donors (Lipinski definition) is 2. The van der Waals surface area contributed by atoms with Crippen LogP contribution in [0.15, 0.2) is 96.0 Å². The fourth-order valence-electron chi connectivity index (χ4n) is 5.68. The summed E-state index contributed by atoms with van der Waals surface area (Å²) < 4.78 is 29.7. The molecule has 7 nitrogen and oxygen atoms in total. The van der Waals surface area contributed by atoms with E-state index < -0.39 is 16.1 Å². The predicted molar refractivity (Wildman–Crippen MR) is 181 cm³/mol. The van der Waals surface area contributed by atoms with Crippen molar-refractivity contribution in [3.63, 3.8) is 0 Å². The summed E-state index contributed by atoms with van der Waals surface area (Å²) in [6.45, 7) is 2.07. The molecule has 0 aliphatic carbocycles. The van der Waals surface area contributed by atoms with Gasteiger partial charge in [-0.2, -0.15) is 0 Å². The molecule has 0 saturated heterocycles. The number of para-hydroxylation sites is 1. The van der Waals surface area contributed by atoms with E-state index in [1.807, 2.05) is 66.7 Å². The molecule has 2 N–H and O–H groups in total. The highest BCUT2D eigenvalue weighted by atomic mass is 35.5. The highest BCUT2D eigenvalue weighted by molar-refractivity contribution is 7.92. The highest BCUT2D eigenvalue weighted by Gasteiger charge is 2.39. The maximum absolute atomic E-state index is 14.1. The van der Waals surface area contributed by atoms with Gasteiger partial charge in [-0.05, 0) is 46.9 Å². The number of nitrogens with zero attached hydrogens (tertiary/aromatic N) is 2. The van der Waals surface area contributed by atoms with E-state index in [-0.39, 0.29) is 35.5 Å². The van der Waals surface area contributed by atoms with Gasteiger partial charge in [0.1, 0.15) is 5.84 Å². The average molecular weight is 670 g/mol. The molecular formula is C33H31Cl3N4O3S. The Balaban J connectivity index is 0.00000384. The molecule has 4 aromatic carbocycles. The van der Waals surface area contributed by atoms with E-state index in [1.165, 1.54) is 4.31 Å². The van der Waals surface area contributed by atoms with E-state index in [4.69, 9.17) is 23.2 Å². The zero-order valence-corrected chi connectivity index (χ0v) is 26.8. The van der Waals surface area contributed by atoms with Crippen LogP contribution in [0.3, 0.4) is 0 Å². The molecule has 0 spiro atoms. The van der Waals surface area contributed by atoms with Crippen molar-refractivity contribution >= 4 is 63.1 Å². The molecule has 1 atom stereocenters. The van der Waals surface area contributed by atoms with Gasteiger partial charge in [-0.15, -0.1) is 12.4 Å². The Labute approximate surface area is 273 Å². The van der Waals surface area contributed by atoms with Crippen LogP contribution in [0.2, 0.25) is 10.0 Å². The number of fused-ring (bicyclic) bond motifs is 3. The lowest BCUT2D eigenvalue weighted by Crippen LogP contribution is -2.41. The van der Waals surface area contributed by atoms with Gasteiger partial charge in [0.25, 0.3) is 0 Å². The molecule has 44 heavy (non-hydrogen) atoms. The van der Waals surface area contributed by atoms with Crippen molar-refractivity contribution in [2.75, 3.05) is 23.9 Å². The van der Waals surface area contributed by atoms with Gasteiger partial charge >= 0.3 is 0 Å². The number of anilines is 1. The Morgan fingerprint density at radius 2 is 1.61 bits per heavy atom. The Bertz CT molecular complexity index is 1810. The lowest BCUT2D eigenvalue weighted by Gasteiger charge is -2.39. The Morgan fingerprint density at radius 1 is 0.909 bits per heavy atom. The molecule has 4 aromatic rings. The zero-order valence-electron chi connectivity index (χ0n) is 23.7. The van der Waals surface area contributed by atoms with Crippen LogP contribution in [0.25, 0.3) is 11.1 Å². The minimum atomic E-state index is -3.95. The van der Waals surface area contributed by atoms with Gasteiger partial charge in [-0.25, -0.2) is 8.42 Å². The number of amides is 1. The van der Waals surface area contributed by atoms with Crippen molar-refractivity contribution in [3.8, 4) is 11.1 Å². The third-order valence-corrected chi connectivity index (χ3v) is 10.2. The number of nitrogens with one attached hydrogen (secondary N) is 2. The van der Waals surface area contributed by atoms with Crippen molar-refractivity contribution in [3.05, 3.63) is 123 Å². The molecule has 6 rings (SSSR count). The second kappa shape index (κ2) is 13.6. The fraction of sp³-hybridized carbons (Fsp3) is 0.212. The highest BCUT2D eigenvalue weighted by Crippen LogP contribution is 2.47. The monoisotopic (exact) mass is 668 g/mol. The first-order valence-corrected chi connectivity index (χ1v) is 16.5. The smallest absolute Gasteiger partial charge is 0.239 e. The van der Waals surface area contributed by atoms with E-state index in [0.717, 1.165) is 46.7 Å². The standard InChI is InChI=1S/C33H30Cl2N4O3S.ClH/c34-28-14-11-23(19-29(28)35)21-43(41,42)39-30-8-4-3-6-26(30)25-5-1-2-7-27(25)31(39)20-32(40)36-16-15-22-9-12-24(13-10-22)33-37-17-18-38-33;/h1-14,19,31H,15-18,20-21H2,(H,36,40)(H,37,38);1H. The minimum Gasteiger partial charge on any atom is -0.368 e. The van der Waals surface area contributed by atoms with Gasteiger partial charge in [0.15, 0.2) is 0 Å². The molecule has 0 radical (unpaired) electrons. The van der Waals surface area contributed by atoms with Gasteiger partial charge in [0.2, 0.25) is 15.9 Å². The molecule has 0 saturated carbocycles. The number of rotatable bonds is 9. The van der Waals surface area contributed by atoms with Gasteiger partial charge < -0.3 is 10.6 Å². The molecule has 2 heterocycles. The summed E-state index contributed by atoms with van der Waals surface area (Å²) >= 11 is 12.3. The van der Waals surface area contributed by atoms with E-state index in [2.05, 4.69) is 15.6 Å². The van der Waals surface area contributed by atoms with Crippen LogP contribution in [0.5, 0.6) is 0 Å². The number of halogens is 3. The summed E-state index contributed by atoms with van der Waals surface area (Å²) in [5.74, 6) is 0.388. The number of carbonyl (C=O) groups is 1. The molecule has 1 unspecified atom stereocenters. The molecule has 0 fully saturated rings. The van der Waals surface area contributed by atoms with Crippen LogP contribution in [0, 0.1) is 0 Å². The van der Waals surface area contributed by atoms with Crippen molar-refractivity contribution in [2.45, 2.75) is 24.6 Å². The largest absolute Gasteiger partial charge is 0.368 e. The number of aliphatic imine (C=N–C) groups is 1. The van der Waals surface area contributed by atoms with E-state index in [9.17, 15) is 13.2 Å². The molecule has 0 bridgehead atoms. The summed E-state index contributed by atoms with van der Waals surface area (Å²) in [6, 6.07) is 27.3. The van der Waals surface area contributed by atoms with Crippen molar-refractivity contribution in [1.29, 1.82) is 0 Å². The molecule has 1 amide bonds. The summed E-state index contributed by atoms with van der Waals surface area (Å²) in [7, 11) is -3.95. The summed E-state index contributed by atoms with van der Waals surface area (Å²) in [5, 5.41) is 6.92. The Hall–Kier alpha value is -3.56. The SMILES string of the molecule is Cl.O=C(CC1c2ccccc2-c2ccccc2N1S(=O)(=O)Cc1ccc(Cl)c(Cl)c1)NCCc1ccc(C2=NCCN2)cc1. The maximum atomic E-state index is 14.1. The summed E-state index contributed by atoms with van der Waals surface area (Å²) in [4.78, 5) is 17.8. The van der Waals surface area contributed by atoms with Crippen LogP contribution >= 0.6 is 35.6 Å². The topological polar surface area (TPSA) is 90.9 Å². The second-order valence-electron chi connectivity index (χ2n) is 10.6. The molecule has 11 heteroatoms. The van der Waals surface area contributed by atoms with Gasteiger partial charge in [-0.1, -0.05) is 96.0 Å². The van der Waals surface area contributed by atoms with Crippen molar-refractivity contribution < 1.29 is 13.2 Å². The number of sulfonamides is 1. The van der Waals surface area contributed by atoms with Gasteiger partial charge in [0, 0.05) is 24.2 Å². The van der Waals surface area contributed by atoms with Crippen LogP contribution in [0.4, 0.5) is 5.69 Å².